The summed E-state index contributed by atoms with van der Waals surface area (Å²) in [6.45, 7) is 0. The lowest BCUT2D eigenvalue weighted by atomic mass is 10.1. The summed E-state index contributed by atoms with van der Waals surface area (Å²) < 4.78 is 45.0. The molecule has 3 aromatic carbocycles. The van der Waals surface area contributed by atoms with Crippen LogP contribution in [0.3, 0.4) is 0 Å². The van der Waals surface area contributed by atoms with Crippen molar-refractivity contribution in [2.24, 2.45) is 4.99 Å². The Bertz CT molecular complexity index is 944. The summed E-state index contributed by atoms with van der Waals surface area (Å²) in [4.78, 5) is 13.4. The predicted molar refractivity (Wildman–Crippen MR) is 83.2 cm³/mol. The van der Waals surface area contributed by atoms with E-state index in [1.165, 1.54) is 12.1 Å². The Morgan fingerprint density at radius 3 is 2.38 bits per heavy atom. The van der Waals surface area contributed by atoms with E-state index < -0.39 is 11.7 Å². The second-order valence-electron chi connectivity index (χ2n) is 4.99. The molecule has 0 N–H and O–H groups in total. The molecule has 0 radical (unpaired) electrons. The van der Waals surface area contributed by atoms with Gasteiger partial charge in [-0.3, -0.25) is 0 Å². The van der Waals surface area contributed by atoms with Crippen molar-refractivity contribution in [2.45, 2.75) is 6.18 Å². The van der Waals surface area contributed by atoms with Gasteiger partial charge in [-0.15, -0.1) is 0 Å². The average molecular weight is 329 g/mol. The topological polar surface area (TPSA) is 38.7 Å². The lowest BCUT2D eigenvalue weighted by molar-refractivity contribution is -0.138. The fourth-order valence-corrected chi connectivity index (χ4v) is 2.31. The molecule has 120 valence electrons. The molecule has 0 spiro atoms. The third-order valence-corrected chi connectivity index (χ3v) is 3.39. The van der Waals surface area contributed by atoms with Crippen molar-refractivity contribution in [3.8, 4) is 11.5 Å². The molecular weight excluding hydrogens is 319 g/mol. The van der Waals surface area contributed by atoms with E-state index in [1.54, 1.807) is 18.2 Å². The molecule has 0 amide bonds. The zero-order chi connectivity index (χ0) is 17.2. The smallest absolute Gasteiger partial charge is 0.420 e. The Labute approximate surface area is 135 Å². The molecule has 6 heteroatoms. The maximum atomic E-state index is 13.2. The molecule has 0 saturated heterocycles. The first-order chi connectivity index (χ1) is 11.5. The molecule has 3 nitrogen and oxygen atoms in total. The molecule has 0 saturated carbocycles. The number of alkyl halides is 3. The van der Waals surface area contributed by atoms with E-state index in [1.807, 2.05) is 24.3 Å². The highest BCUT2D eigenvalue weighted by Crippen LogP contribution is 2.40. The SMILES string of the molecule is O=C=Nc1ccc(Oc2ccc3ccccc3c2)c(C(F)(F)F)c1. The van der Waals surface area contributed by atoms with Crippen molar-refractivity contribution in [2.75, 3.05) is 0 Å². The van der Waals surface area contributed by atoms with Gasteiger partial charge in [-0.25, -0.2) is 4.79 Å². The number of benzene rings is 3. The van der Waals surface area contributed by atoms with Gasteiger partial charge in [-0.1, -0.05) is 30.3 Å². The van der Waals surface area contributed by atoms with Crippen LogP contribution in [0.5, 0.6) is 11.5 Å². The summed E-state index contributed by atoms with van der Waals surface area (Å²) in [5.74, 6) is -0.0755. The van der Waals surface area contributed by atoms with Gasteiger partial charge in [-0.2, -0.15) is 18.2 Å². The molecule has 24 heavy (non-hydrogen) atoms. The lowest BCUT2D eigenvalue weighted by Gasteiger charge is -2.14. The second kappa shape index (κ2) is 6.18. The van der Waals surface area contributed by atoms with Crippen LogP contribution in [-0.4, -0.2) is 6.08 Å². The highest BCUT2D eigenvalue weighted by Gasteiger charge is 2.35. The van der Waals surface area contributed by atoms with Crippen molar-refractivity contribution < 1.29 is 22.7 Å². The third-order valence-electron chi connectivity index (χ3n) is 3.39. The fraction of sp³-hybridized carbons (Fsp3) is 0.0556. The number of rotatable bonds is 3. The summed E-state index contributed by atoms with van der Waals surface area (Å²) in [7, 11) is 0. The number of hydrogen-bond acceptors (Lipinski definition) is 3. The minimum atomic E-state index is -4.64. The van der Waals surface area contributed by atoms with Gasteiger partial charge in [0.15, 0.2) is 0 Å². The number of aliphatic imine (C=N–C) groups is 1. The van der Waals surface area contributed by atoms with Gasteiger partial charge in [0.05, 0.1) is 5.69 Å². The Hall–Kier alpha value is -3.11. The van der Waals surface area contributed by atoms with Crippen LogP contribution in [0, 0.1) is 0 Å². The van der Waals surface area contributed by atoms with E-state index in [-0.39, 0.29) is 17.2 Å². The molecule has 0 aliphatic carbocycles. The van der Waals surface area contributed by atoms with Gasteiger partial charge in [0, 0.05) is 0 Å². The highest BCUT2D eigenvalue weighted by atomic mass is 19.4. The van der Waals surface area contributed by atoms with Gasteiger partial charge >= 0.3 is 6.18 Å². The third kappa shape index (κ3) is 3.29. The molecular formula is C18H10F3NO2. The summed E-state index contributed by atoms with van der Waals surface area (Å²) in [5.41, 5.74) is -1.14. The van der Waals surface area contributed by atoms with Crippen LogP contribution >= 0.6 is 0 Å². The number of isocyanates is 1. The quantitative estimate of drug-likeness (QED) is 0.462. The van der Waals surface area contributed by atoms with Crippen LogP contribution in [0.15, 0.2) is 65.7 Å². The van der Waals surface area contributed by atoms with Crippen LogP contribution in [-0.2, 0) is 11.0 Å². The molecule has 0 fully saturated rings. The highest BCUT2D eigenvalue weighted by molar-refractivity contribution is 5.83. The first-order valence-corrected chi connectivity index (χ1v) is 6.93. The molecule has 3 aromatic rings. The number of hydrogen-bond donors (Lipinski definition) is 0. The van der Waals surface area contributed by atoms with E-state index in [0.29, 0.717) is 0 Å². The minimum absolute atomic E-state index is 0.136. The summed E-state index contributed by atoms with van der Waals surface area (Å²) >= 11 is 0. The van der Waals surface area contributed by atoms with Crippen LogP contribution in [0.1, 0.15) is 5.56 Å². The Balaban J connectivity index is 2.02. The Morgan fingerprint density at radius 1 is 0.917 bits per heavy atom. The van der Waals surface area contributed by atoms with Crippen molar-refractivity contribution in [1.82, 2.24) is 0 Å². The molecule has 0 bridgehead atoms. The van der Waals surface area contributed by atoms with Crippen molar-refractivity contribution >= 4 is 22.5 Å². The van der Waals surface area contributed by atoms with Crippen molar-refractivity contribution in [3.63, 3.8) is 0 Å². The van der Waals surface area contributed by atoms with Gasteiger partial charge in [0.1, 0.15) is 17.1 Å². The van der Waals surface area contributed by atoms with Crippen LogP contribution < -0.4 is 4.74 Å². The van der Waals surface area contributed by atoms with Crippen LogP contribution in [0.4, 0.5) is 18.9 Å². The maximum absolute atomic E-state index is 13.2. The largest absolute Gasteiger partial charge is 0.457 e. The molecule has 0 unspecified atom stereocenters. The first-order valence-electron chi connectivity index (χ1n) is 6.93. The second-order valence-corrected chi connectivity index (χ2v) is 4.99. The number of fused-ring (bicyclic) bond motifs is 1. The average Bonchev–Trinajstić information content (AvgIpc) is 2.55. The van der Waals surface area contributed by atoms with E-state index in [0.717, 1.165) is 22.9 Å². The van der Waals surface area contributed by atoms with Crippen molar-refractivity contribution in [3.05, 3.63) is 66.2 Å². The number of nitrogens with zero attached hydrogens (tertiary/aromatic N) is 1. The summed E-state index contributed by atoms with van der Waals surface area (Å²) in [6.07, 6.45) is -3.42. The normalized spacial score (nSPS) is 11.1. The van der Waals surface area contributed by atoms with Gasteiger partial charge in [0.25, 0.3) is 0 Å². The first kappa shape index (κ1) is 15.8. The minimum Gasteiger partial charge on any atom is -0.457 e. The number of carbonyl (C=O) groups excluding carboxylic acids is 1. The molecule has 3 rings (SSSR count). The summed E-state index contributed by atoms with van der Waals surface area (Å²) in [5, 5.41) is 1.81. The van der Waals surface area contributed by atoms with E-state index >= 15 is 0 Å². The molecule has 0 heterocycles. The molecule has 0 aliphatic heterocycles. The zero-order valence-electron chi connectivity index (χ0n) is 12.2. The lowest BCUT2D eigenvalue weighted by Crippen LogP contribution is -2.07. The number of halogens is 3. The van der Waals surface area contributed by atoms with Gasteiger partial charge < -0.3 is 4.74 Å². The standard InChI is InChI=1S/C18H10F3NO2/c19-18(20,21)16-10-14(22-11-23)6-8-17(16)24-15-7-5-12-3-1-2-4-13(12)9-15/h1-10H. The molecule has 0 aromatic heterocycles. The Morgan fingerprint density at radius 2 is 1.67 bits per heavy atom. The van der Waals surface area contributed by atoms with Crippen molar-refractivity contribution in [1.29, 1.82) is 0 Å². The number of ether oxygens (including phenoxy) is 1. The predicted octanol–water partition coefficient (Wildman–Crippen LogP) is 5.62. The fourth-order valence-electron chi connectivity index (χ4n) is 2.31. The van der Waals surface area contributed by atoms with Gasteiger partial charge in [-0.05, 0) is 41.1 Å². The van der Waals surface area contributed by atoms with E-state index in [4.69, 9.17) is 4.74 Å². The van der Waals surface area contributed by atoms with E-state index in [2.05, 4.69) is 4.99 Å². The Kier molecular flexibility index (Phi) is 4.06. The van der Waals surface area contributed by atoms with E-state index in [9.17, 15) is 18.0 Å². The molecule has 0 atom stereocenters. The summed E-state index contributed by atoms with van der Waals surface area (Å²) in [6, 6.07) is 15.6. The maximum Gasteiger partial charge on any atom is 0.420 e. The zero-order valence-corrected chi connectivity index (χ0v) is 12.2. The molecule has 0 aliphatic rings. The van der Waals surface area contributed by atoms with Gasteiger partial charge in [0.2, 0.25) is 6.08 Å². The monoisotopic (exact) mass is 329 g/mol. The van der Waals surface area contributed by atoms with Crippen LogP contribution in [0.25, 0.3) is 10.8 Å². The van der Waals surface area contributed by atoms with Crippen LogP contribution in [0.2, 0.25) is 0 Å².